The van der Waals surface area contributed by atoms with Crippen molar-refractivity contribution in [1.29, 1.82) is 5.41 Å². The molecule has 17 heavy (non-hydrogen) atoms. The molecular formula is C11H10FN5. The van der Waals surface area contributed by atoms with Crippen molar-refractivity contribution in [2.24, 2.45) is 5.73 Å². The van der Waals surface area contributed by atoms with Crippen molar-refractivity contribution in [2.75, 3.05) is 5.73 Å². The van der Waals surface area contributed by atoms with Gasteiger partial charge in [-0.1, -0.05) is 6.07 Å². The molecule has 0 fully saturated rings. The summed E-state index contributed by atoms with van der Waals surface area (Å²) in [6.45, 7) is 0. The zero-order valence-electron chi connectivity index (χ0n) is 8.81. The maximum Gasteiger partial charge on any atom is 0.164 e. The summed E-state index contributed by atoms with van der Waals surface area (Å²) in [6, 6.07) is 4.80. The van der Waals surface area contributed by atoms with E-state index < -0.39 is 5.83 Å². The number of nitrogens with two attached hydrogens (primary N) is 2. The van der Waals surface area contributed by atoms with Gasteiger partial charge in [-0.05, 0) is 12.1 Å². The Labute approximate surface area is 96.5 Å². The number of benzene rings is 1. The van der Waals surface area contributed by atoms with Crippen LogP contribution in [0.3, 0.4) is 0 Å². The molecule has 2 aromatic rings. The van der Waals surface area contributed by atoms with Crippen molar-refractivity contribution in [1.82, 2.24) is 9.97 Å². The van der Waals surface area contributed by atoms with E-state index in [1.54, 1.807) is 18.2 Å². The van der Waals surface area contributed by atoms with Crippen LogP contribution in [0.5, 0.6) is 0 Å². The smallest absolute Gasteiger partial charge is 0.164 e. The first kappa shape index (κ1) is 11.0. The molecule has 0 aliphatic rings. The van der Waals surface area contributed by atoms with Crippen LogP contribution in [0.25, 0.3) is 10.9 Å². The number of halogens is 1. The van der Waals surface area contributed by atoms with Crippen LogP contribution in [0.15, 0.2) is 36.6 Å². The summed E-state index contributed by atoms with van der Waals surface area (Å²) in [7, 11) is 0. The summed E-state index contributed by atoms with van der Waals surface area (Å²) < 4.78 is 13.2. The molecule has 0 aliphatic heterocycles. The molecule has 0 radical (unpaired) electrons. The molecule has 1 aromatic heterocycles. The lowest BCUT2D eigenvalue weighted by molar-refractivity contribution is 0.677. The van der Waals surface area contributed by atoms with Crippen molar-refractivity contribution in [2.45, 2.75) is 0 Å². The molecule has 0 saturated heterocycles. The lowest BCUT2D eigenvalue weighted by Crippen LogP contribution is -2.03. The highest BCUT2D eigenvalue weighted by Crippen LogP contribution is 2.19. The highest BCUT2D eigenvalue weighted by molar-refractivity contribution is 6.11. The van der Waals surface area contributed by atoms with Crippen LogP contribution in [-0.4, -0.2) is 15.7 Å². The summed E-state index contributed by atoms with van der Waals surface area (Å²) in [5, 5.41) is 8.16. The Morgan fingerprint density at radius 3 is 2.82 bits per heavy atom. The number of fused-ring (bicyclic) bond motifs is 1. The molecule has 1 heterocycles. The molecule has 86 valence electrons. The van der Waals surface area contributed by atoms with E-state index in [1.165, 1.54) is 6.33 Å². The van der Waals surface area contributed by atoms with Crippen molar-refractivity contribution >= 4 is 22.4 Å². The third-order valence-corrected chi connectivity index (χ3v) is 2.34. The second-order valence-corrected chi connectivity index (χ2v) is 3.38. The summed E-state index contributed by atoms with van der Waals surface area (Å²) in [6.07, 6.45) is 2.10. The van der Waals surface area contributed by atoms with Gasteiger partial charge in [-0.2, -0.15) is 0 Å². The lowest BCUT2D eigenvalue weighted by Gasteiger charge is -2.04. The molecule has 0 bridgehead atoms. The van der Waals surface area contributed by atoms with Crippen LogP contribution in [0.4, 0.5) is 10.2 Å². The van der Waals surface area contributed by atoms with Gasteiger partial charge >= 0.3 is 0 Å². The van der Waals surface area contributed by atoms with E-state index in [1.807, 2.05) is 0 Å². The highest BCUT2D eigenvalue weighted by Gasteiger charge is 2.09. The van der Waals surface area contributed by atoms with Crippen molar-refractivity contribution in [3.05, 3.63) is 42.1 Å². The summed E-state index contributed by atoms with van der Waals surface area (Å²) in [4.78, 5) is 7.85. The highest BCUT2D eigenvalue weighted by atomic mass is 19.1. The second kappa shape index (κ2) is 4.17. The van der Waals surface area contributed by atoms with Gasteiger partial charge < -0.3 is 11.5 Å². The predicted molar refractivity (Wildman–Crippen MR) is 64.2 cm³/mol. The number of aromatic nitrogens is 2. The van der Waals surface area contributed by atoms with E-state index >= 15 is 0 Å². The number of allylic oxidation sites excluding steroid dienone is 1. The Hall–Kier alpha value is -2.50. The van der Waals surface area contributed by atoms with Crippen LogP contribution in [0.1, 0.15) is 5.56 Å². The van der Waals surface area contributed by atoms with Gasteiger partial charge in [0.2, 0.25) is 0 Å². The first-order valence-electron chi connectivity index (χ1n) is 4.80. The van der Waals surface area contributed by atoms with E-state index in [0.29, 0.717) is 22.3 Å². The van der Waals surface area contributed by atoms with Gasteiger partial charge in [0.05, 0.1) is 11.2 Å². The Balaban J connectivity index is 2.59. The molecule has 5 N–H and O–H groups in total. The normalized spacial score (nSPS) is 11.7. The average Bonchev–Trinajstić information content (AvgIpc) is 2.37. The number of rotatable bonds is 2. The molecule has 1 aromatic carbocycles. The van der Waals surface area contributed by atoms with E-state index in [4.69, 9.17) is 16.9 Å². The van der Waals surface area contributed by atoms with Crippen LogP contribution < -0.4 is 11.5 Å². The fourth-order valence-electron chi connectivity index (χ4n) is 1.45. The second-order valence-electron chi connectivity index (χ2n) is 3.38. The van der Waals surface area contributed by atoms with Crippen molar-refractivity contribution in [3.63, 3.8) is 0 Å². The number of hydrogen-bond donors (Lipinski definition) is 3. The average molecular weight is 231 g/mol. The maximum atomic E-state index is 13.2. The van der Waals surface area contributed by atoms with E-state index in [2.05, 4.69) is 9.97 Å². The van der Waals surface area contributed by atoms with E-state index in [-0.39, 0.29) is 5.71 Å². The molecule has 0 atom stereocenters. The number of nitrogens with one attached hydrogen (secondary N) is 1. The zero-order valence-corrected chi connectivity index (χ0v) is 8.81. The molecule has 5 nitrogen and oxygen atoms in total. The molecule has 6 heteroatoms. The van der Waals surface area contributed by atoms with Crippen LogP contribution in [0.2, 0.25) is 0 Å². The minimum atomic E-state index is -0.792. The Morgan fingerprint density at radius 1 is 1.35 bits per heavy atom. The van der Waals surface area contributed by atoms with Crippen LogP contribution >= 0.6 is 0 Å². The quantitative estimate of drug-likeness (QED) is 0.679. The van der Waals surface area contributed by atoms with E-state index in [9.17, 15) is 4.39 Å². The van der Waals surface area contributed by atoms with Gasteiger partial charge in [-0.3, -0.25) is 5.41 Å². The monoisotopic (exact) mass is 231 g/mol. The largest absolute Gasteiger partial charge is 0.402 e. The number of hydrogen-bond acceptors (Lipinski definition) is 5. The summed E-state index contributed by atoms with van der Waals surface area (Å²) in [5.41, 5.74) is 11.4. The lowest BCUT2D eigenvalue weighted by atomic mass is 10.1. The van der Waals surface area contributed by atoms with Gasteiger partial charge in [0.15, 0.2) is 5.83 Å². The van der Waals surface area contributed by atoms with Crippen molar-refractivity contribution in [3.8, 4) is 0 Å². The number of nitrogens with zero attached hydrogens (tertiary/aromatic N) is 2. The van der Waals surface area contributed by atoms with Crippen LogP contribution in [0, 0.1) is 5.41 Å². The first-order chi connectivity index (χ1) is 8.13. The molecule has 2 rings (SSSR count). The molecule has 0 saturated carbocycles. The molecule has 0 spiro atoms. The third kappa shape index (κ3) is 1.92. The standard InChI is InChI=1S/C11H10FN5/c12-8(4-13)10(14)6-1-2-9-7(3-6)11(15)17-5-16-9/h1-5,14H,13H2,(H2,15,16,17)/b8-4+,14-10?. The Morgan fingerprint density at radius 2 is 2.12 bits per heavy atom. The molecular weight excluding hydrogens is 221 g/mol. The first-order valence-corrected chi connectivity index (χ1v) is 4.80. The Kier molecular flexibility index (Phi) is 2.70. The van der Waals surface area contributed by atoms with Gasteiger partial charge in [0, 0.05) is 17.1 Å². The fraction of sp³-hybridized carbons (Fsp3) is 0. The van der Waals surface area contributed by atoms with Gasteiger partial charge in [-0.15, -0.1) is 0 Å². The zero-order chi connectivity index (χ0) is 12.4. The maximum absolute atomic E-state index is 13.2. The molecule has 0 amide bonds. The van der Waals surface area contributed by atoms with Crippen molar-refractivity contribution < 1.29 is 4.39 Å². The SMILES string of the molecule is N=C(/C(F)=C\N)c1ccc2ncnc(N)c2c1. The minimum Gasteiger partial charge on any atom is -0.402 e. The number of nitrogen functional groups attached to an aromatic ring is 1. The minimum absolute atomic E-state index is 0.293. The topological polar surface area (TPSA) is 102 Å². The fourth-order valence-corrected chi connectivity index (χ4v) is 1.45. The van der Waals surface area contributed by atoms with Gasteiger partial charge in [-0.25, -0.2) is 14.4 Å². The molecule has 0 unspecified atom stereocenters. The predicted octanol–water partition coefficient (Wildman–Crippen LogP) is 1.35. The van der Waals surface area contributed by atoms with Gasteiger partial charge in [0.25, 0.3) is 0 Å². The molecule has 0 aliphatic carbocycles. The van der Waals surface area contributed by atoms with Gasteiger partial charge in [0.1, 0.15) is 12.1 Å². The number of anilines is 1. The summed E-state index contributed by atoms with van der Waals surface area (Å²) in [5.74, 6) is -0.499. The summed E-state index contributed by atoms with van der Waals surface area (Å²) >= 11 is 0. The van der Waals surface area contributed by atoms with Crippen LogP contribution in [-0.2, 0) is 0 Å². The van der Waals surface area contributed by atoms with E-state index in [0.717, 1.165) is 6.20 Å². The Bertz CT molecular complexity index is 620. The third-order valence-electron chi connectivity index (χ3n) is 2.34.